The van der Waals surface area contributed by atoms with E-state index in [-0.39, 0.29) is 29.2 Å². The molecule has 2 aromatic rings. The summed E-state index contributed by atoms with van der Waals surface area (Å²) in [6.07, 6.45) is 1.98. The van der Waals surface area contributed by atoms with E-state index in [0.29, 0.717) is 33.5 Å². The van der Waals surface area contributed by atoms with Crippen LogP contribution in [-0.4, -0.2) is 50.0 Å². The first-order valence-electron chi connectivity index (χ1n) is 11.2. The fourth-order valence-corrected chi connectivity index (χ4v) is 5.22. The third-order valence-corrected chi connectivity index (χ3v) is 7.98. The van der Waals surface area contributed by atoms with E-state index >= 15 is 0 Å². The number of nitrogens with zero attached hydrogens (tertiary/aromatic N) is 2. The van der Waals surface area contributed by atoms with Gasteiger partial charge in [0.2, 0.25) is 21.8 Å². The summed E-state index contributed by atoms with van der Waals surface area (Å²) >= 11 is 24.4. The van der Waals surface area contributed by atoms with Gasteiger partial charge in [-0.25, -0.2) is 8.42 Å². The van der Waals surface area contributed by atoms with Gasteiger partial charge in [0.05, 0.1) is 27.0 Å². The minimum Gasteiger partial charge on any atom is -0.352 e. The van der Waals surface area contributed by atoms with Crippen molar-refractivity contribution in [2.45, 2.75) is 52.2 Å². The molecule has 0 aliphatic carbocycles. The molecule has 0 aliphatic heterocycles. The number of nitrogens with one attached hydrogen (secondary N) is 1. The van der Waals surface area contributed by atoms with Gasteiger partial charge < -0.3 is 10.2 Å². The molecule has 0 bridgehead atoms. The SMILES string of the molecule is CC[C@@H](C)NC(=O)[C@H](CC)N(Cc1ccc(Cl)c(Cl)c1)C(=O)CN(c1ccc(Cl)cc1Cl)S(C)(=O)=O. The van der Waals surface area contributed by atoms with E-state index in [1.165, 1.54) is 23.1 Å². The standard InChI is InChI=1S/C24H29Cl4N3O4S/c1-5-15(3)29-24(33)21(6-2)30(13-16-7-9-18(26)19(27)11-16)23(32)14-31(36(4,34)35)22-10-8-17(25)12-20(22)28/h7-12,15,21H,5-6,13-14H2,1-4H3,(H,29,33)/t15-,21+/m1/s1. The summed E-state index contributed by atoms with van der Waals surface area (Å²) in [5.41, 5.74) is 0.728. The van der Waals surface area contributed by atoms with Gasteiger partial charge in [-0.3, -0.25) is 13.9 Å². The summed E-state index contributed by atoms with van der Waals surface area (Å²) in [6, 6.07) is 8.23. The summed E-state index contributed by atoms with van der Waals surface area (Å²) in [4.78, 5) is 28.2. The predicted octanol–water partition coefficient (Wildman–Crippen LogP) is 5.79. The molecule has 2 rings (SSSR count). The van der Waals surface area contributed by atoms with Crippen molar-refractivity contribution in [1.29, 1.82) is 0 Å². The number of amides is 2. The van der Waals surface area contributed by atoms with Gasteiger partial charge >= 0.3 is 0 Å². The number of hydrogen-bond acceptors (Lipinski definition) is 4. The molecule has 0 fully saturated rings. The molecule has 0 heterocycles. The van der Waals surface area contributed by atoms with Crippen LogP contribution in [0.25, 0.3) is 0 Å². The Morgan fingerprint density at radius 2 is 1.61 bits per heavy atom. The molecule has 0 spiro atoms. The molecule has 0 saturated carbocycles. The van der Waals surface area contributed by atoms with Crippen molar-refractivity contribution in [3.63, 3.8) is 0 Å². The van der Waals surface area contributed by atoms with Gasteiger partial charge in [-0.1, -0.05) is 66.3 Å². The van der Waals surface area contributed by atoms with Gasteiger partial charge in [-0.2, -0.15) is 0 Å². The minimum atomic E-state index is -3.92. The lowest BCUT2D eigenvalue weighted by molar-refractivity contribution is -0.140. The zero-order chi connectivity index (χ0) is 27.2. The molecule has 1 N–H and O–H groups in total. The molecule has 2 aromatic carbocycles. The second kappa shape index (κ2) is 13.2. The van der Waals surface area contributed by atoms with Crippen LogP contribution in [0.2, 0.25) is 20.1 Å². The molecular weight excluding hydrogens is 568 g/mol. The second-order valence-electron chi connectivity index (χ2n) is 8.38. The molecule has 0 aromatic heterocycles. The third kappa shape index (κ3) is 8.15. The molecule has 12 heteroatoms. The molecule has 2 atom stereocenters. The molecule has 0 unspecified atom stereocenters. The average molecular weight is 597 g/mol. The van der Waals surface area contributed by atoms with Crippen LogP contribution in [0, 0.1) is 0 Å². The number of sulfonamides is 1. The van der Waals surface area contributed by atoms with Gasteiger partial charge in [0, 0.05) is 17.6 Å². The van der Waals surface area contributed by atoms with Crippen molar-refractivity contribution in [3.05, 3.63) is 62.1 Å². The summed E-state index contributed by atoms with van der Waals surface area (Å²) in [6.45, 7) is 5.01. The molecule has 198 valence electrons. The van der Waals surface area contributed by atoms with Gasteiger partial charge in [0.15, 0.2) is 0 Å². The molecule has 7 nitrogen and oxygen atoms in total. The Labute approximate surface area is 232 Å². The number of hydrogen-bond donors (Lipinski definition) is 1. The van der Waals surface area contributed by atoms with Crippen LogP contribution in [0.4, 0.5) is 5.69 Å². The first-order valence-corrected chi connectivity index (χ1v) is 14.6. The van der Waals surface area contributed by atoms with Crippen LogP contribution in [0.15, 0.2) is 36.4 Å². The van der Waals surface area contributed by atoms with E-state index in [9.17, 15) is 18.0 Å². The molecule has 36 heavy (non-hydrogen) atoms. The first-order chi connectivity index (χ1) is 16.8. The Hall–Kier alpha value is -1.71. The maximum Gasteiger partial charge on any atom is 0.244 e. The fraction of sp³-hybridized carbons (Fsp3) is 0.417. The quantitative estimate of drug-likeness (QED) is 0.356. The van der Waals surface area contributed by atoms with E-state index < -0.39 is 28.5 Å². The normalized spacial score (nSPS) is 13.1. The van der Waals surface area contributed by atoms with Crippen LogP contribution >= 0.6 is 46.4 Å². The third-order valence-electron chi connectivity index (χ3n) is 5.58. The van der Waals surface area contributed by atoms with E-state index in [0.717, 1.165) is 10.6 Å². The summed E-state index contributed by atoms with van der Waals surface area (Å²) < 4.78 is 26.3. The molecule has 0 aliphatic rings. The number of halogens is 4. The van der Waals surface area contributed by atoms with Crippen LogP contribution in [0.3, 0.4) is 0 Å². The van der Waals surface area contributed by atoms with E-state index in [1.807, 2.05) is 13.8 Å². The Morgan fingerprint density at radius 1 is 0.944 bits per heavy atom. The van der Waals surface area contributed by atoms with Crippen molar-refractivity contribution in [1.82, 2.24) is 10.2 Å². The maximum absolute atomic E-state index is 13.7. The summed E-state index contributed by atoms with van der Waals surface area (Å²) in [7, 11) is -3.92. The van der Waals surface area contributed by atoms with E-state index in [2.05, 4.69) is 5.32 Å². The highest BCUT2D eigenvalue weighted by atomic mass is 35.5. The van der Waals surface area contributed by atoms with Crippen LogP contribution in [-0.2, 0) is 26.2 Å². The number of carbonyl (C=O) groups excluding carboxylic acids is 2. The smallest absolute Gasteiger partial charge is 0.244 e. The average Bonchev–Trinajstić information content (AvgIpc) is 2.79. The lowest BCUT2D eigenvalue weighted by Gasteiger charge is -2.33. The van der Waals surface area contributed by atoms with E-state index in [1.54, 1.807) is 25.1 Å². The van der Waals surface area contributed by atoms with Crippen molar-refractivity contribution in [3.8, 4) is 0 Å². The Kier molecular flexibility index (Phi) is 11.2. The minimum absolute atomic E-state index is 0.00804. The molecular formula is C24H29Cl4N3O4S. The topological polar surface area (TPSA) is 86.8 Å². The van der Waals surface area contributed by atoms with Gasteiger partial charge in [-0.05, 0) is 55.7 Å². The Bertz CT molecular complexity index is 1210. The highest BCUT2D eigenvalue weighted by molar-refractivity contribution is 7.92. The molecule has 2 amide bonds. The lowest BCUT2D eigenvalue weighted by atomic mass is 10.1. The van der Waals surface area contributed by atoms with Gasteiger partial charge in [0.1, 0.15) is 12.6 Å². The lowest BCUT2D eigenvalue weighted by Crippen LogP contribution is -2.53. The van der Waals surface area contributed by atoms with Gasteiger partial charge in [-0.15, -0.1) is 0 Å². The van der Waals surface area contributed by atoms with Gasteiger partial charge in [0.25, 0.3) is 0 Å². The second-order valence-corrected chi connectivity index (χ2v) is 11.9. The zero-order valence-corrected chi connectivity index (χ0v) is 24.2. The fourth-order valence-electron chi connectivity index (χ4n) is 3.47. The molecule has 0 saturated heterocycles. The number of benzene rings is 2. The van der Waals surface area contributed by atoms with Crippen molar-refractivity contribution in [2.75, 3.05) is 17.1 Å². The van der Waals surface area contributed by atoms with Crippen molar-refractivity contribution < 1.29 is 18.0 Å². The highest BCUT2D eigenvalue weighted by Gasteiger charge is 2.32. The van der Waals surface area contributed by atoms with Crippen LogP contribution in [0.5, 0.6) is 0 Å². The summed E-state index contributed by atoms with van der Waals surface area (Å²) in [5.74, 6) is -0.931. The summed E-state index contributed by atoms with van der Waals surface area (Å²) in [5, 5.41) is 3.93. The predicted molar refractivity (Wildman–Crippen MR) is 148 cm³/mol. The Balaban J connectivity index is 2.50. The highest BCUT2D eigenvalue weighted by Crippen LogP contribution is 2.31. The van der Waals surface area contributed by atoms with Crippen LogP contribution in [0.1, 0.15) is 39.2 Å². The number of rotatable bonds is 11. The van der Waals surface area contributed by atoms with Crippen molar-refractivity contribution in [2.24, 2.45) is 0 Å². The zero-order valence-electron chi connectivity index (χ0n) is 20.4. The van der Waals surface area contributed by atoms with Crippen molar-refractivity contribution >= 4 is 73.9 Å². The largest absolute Gasteiger partial charge is 0.352 e. The first kappa shape index (κ1) is 30.5. The Morgan fingerprint density at radius 3 is 2.14 bits per heavy atom. The number of anilines is 1. The van der Waals surface area contributed by atoms with Crippen LogP contribution < -0.4 is 9.62 Å². The molecule has 0 radical (unpaired) electrons. The number of carbonyl (C=O) groups is 2. The van der Waals surface area contributed by atoms with E-state index in [4.69, 9.17) is 46.4 Å². The monoisotopic (exact) mass is 595 g/mol. The maximum atomic E-state index is 13.7.